The molecule has 1 aromatic rings. The quantitative estimate of drug-likeness (QED) is 0.302. The van der Waals surface area contributed by atoms with E-state index in [2.05, 4.69) is 53.6 Å². The minimum absolute atomic E-state index is 0. The normalized spacial score (nSPS) is 17.6. The first-order valence-electron chi connectivity index (χ1n) is 11.0. The summed E-state index contributed by atoms with van der Waals surface area (Å²) in [6, 6.07) is 8.29. The molecule has 1 saturated heterocycles. The number of hydrogen-bond donors (Lipinski definition) is 2. The summed E-state index contributed by atoms with van der Waals surface area (Å²) in [5.74, 6) is 1.71. The smallest absolute Gasteiger partial charge is 0.407 e. The van der Waals surface area contributed by atoms with Crippen LogP contribution in [-0.4, -0.2) is 80.9 Å². The van der Waals surface area contributed by atoms with Gasteiger partial charge in [0, 0.05) is 19.6 Å². The number of likely N-dealkylation sites (N-methyl/N-ethyl adjacent to an activating group) is 1. The van der Waals surface area contributed by atoms with E-state index in [1.54, 1.807) is 7.11 Å². The molecular formula is C23H40IN5O3. The van der Waals surface area contributed by atoms with Crippen molar-refractivity contribution in [1.29, 1.82) is 0 Å². The molecule has 0 saturated carbocycles. The van der Waals surface area contributed by atoms with Gasteiger partial charge in [-0.3, -0.25) is 4.99 Å². The lowest BCUT2D eigenvalue weighted by Gasteiger charge is -2.26. The zero-order valence-electron chi connectivity index (χ0n) is 20.5. The van der Waals surface area contributed by atoms with E-state index in [0.717, 1.165) is 36.8 Å². The second-order valence-corrected chi connectivity index (χ2v) is 9.03. The van der Waals surface area contributed by atoms with Crippen molar-refractivity contribution in [3.05, 3.63) is 29.8 Å². The Balaban J connectivity index is 0.00000512. The Morgan fingerprint density at radius 3 is 2.66 bits per heavy atom. The van der Waals surface area contributed by atoms with E-state index in [1.807, 2.05) is 32.9 Å². The Morgan fingerprint density at radius 1 is 1.34 bits per heavy atom. The van der Waals surface area contributed by atoms with Gasteiger partial charge in [-0.1, -0.05) is 12.1 Å². The van der Waals surface area contributed by atoms with E-state index in [4.69, 9.17) is 14.5 Å². The lowest BCUT2D eigenvalue weighted by atomic mass is 10.1. The summed E-state index contributed by atoms with van der Waals surface area (Å²) in [5, 5.41) is 6.37. The van der Waals surface area contributed by atoms with Gasteiger partial charge >= 0.3 is 6.09 Å². The zero-order chi connectivity index (χ0) is 23.0. The molecule has 0 spiro atoms. The van der Waals surface area contributed by atoms with Crippen molar-refractivity contribution in [1.82, 2.24) is 20.4 Å². The molecule has 182 valence electrons. The summed E-state index contributed by atoms with van der Waals surface area (Å²) in [6.07, 6.45) is 0.489. The third-order valence-electron chi connectivity index (χ3n) is 5.06. The van der Waals surface area contributed by atoms with E-state index in [-0.39, 0.29) is 42.2 Å². The maximum absolute atomic E-state index is 12.1. The monoisotopic (exact) mass is 561 g/mol. The van der Waals surface area contributed by atoms with Crippen LogP contribution >= 0.6 is 24.0 Å². The molecule has 0 aromatic heterocycles. The summed E-state index contributed by atoms with van der Waals surface area (Å²) in [5.41, 5.74) is 0.662. The van der Waals surface area contributed by atoms with Crippen LogP contribution in [0.5, 0.6) is 5.75 Å². The van der Waals surface area contributed by atoms with Crippen molar-refractivity contribution in [3.63, 3.8) is 0 Å². The highest BCUT2D eigenvalue weighted by Crippen LogP contribution is 2.23. The van der Waals surface area contributed by atoms with E-state index in [1.165, 1.54) is 0 Å². The molecule has 2 unspecified atom stereocenters. The van der Waals surface area contributed by atoms with Crippen LogP contribution in [0.1, 0.15) is 45.7 Å². The zero-order valence-corrected chi connectivity index (χ0v) is 22.8. The number of guanidine groups is 1. The average Bonchev–Trinajstić information content (AvgIpc) is 3.13. The highest BCUT2D eigenvalue weighted by atomic mass is 127. The number of halogens is 1. The Kier molecular flexibility index (Phi) is 11.6. The number of likely N-dealkylation sites (tertiary alicyclic amines) is 1. The van der Waals surface area contributed by atoms with Gasteiger partial charge in [-0.15, -0.1) is 24.0 Å². The lowest BCUT2D eigenvalue weighted by molar-refractivity contribution is 0.0507. The van der Waals surface area contributed by atoms with Crippen LogP contribution in [0.4, 0.5) is 4.79 Å². The first kappa shape index (κ1) is 28.3. The van der Waals surface area contributed by atoms with Crippen LogP contribution in [0.2, 0.25) is 0 Å². The average molecular weight is 562 g/mol. The number of ether oxygens (including phenoxy) is 2. The maximum Gasteiger partial charge on any atom is 0.407 e. The molecule has 1 aliphatic rings. The summed E-state index contributed by atoms with van der Waals surface area (Å²) in [7, 11) is 5.80. The van der Waals surface area contributed by atoms with Crippen LogP contribution in [0, 0.1) is 0 Å². The fourth-order valence-electron chi connectivity index (χ4n) is 3.56. The van der Waals surface area contributed by atoms with Crippen molar-refractivity contribution in [3.8, 4) is 5.75 Å². The van der Waals surface area contributed by atoms with Gasteiger partial charge in [0.1, 0.15) is 11.4 Å². The highest BCUT2D eigenvalue weighted by molar-refractivity contribution is 14.0. The largest absolute Gasteiger partial charge is 0.497 e. The number of benzene rings is 1. The van der Waals surface area contributed by atoms with Gasteiger partial charge < -0.3 is 29.9 Å². The molecule has 1 aliphatic heterocycles. The fourth-order valence-corrected chi connectivity index (χ4v) is 3.56. The number of hydrogen-bond acceptors (Lipinski definition) is 5. The molecule has 0 radical (unpaired) electrons. The molecule has 2 rings (SSSR count). The van der Waals surface area contributed by atoms with Crippen LogP contribution in [0.15, 0.2) is 29.3 Å². The third-order valence-corrected chi connectivity index (χ3v) is 5.06. The Labute approximate surface area is 210 Å². The SMILES string of the molecule is CCNC(=NCC(c1cccc(OC)c1)N(C)C)N1CCC(NC(=O)OC(C)(C)C)C1.I. The summed E-state index contributed by atoms with van der Waals surface area (Å²) in [6.45, 7) is 10.6. The van der Waals surface area contributed by atoms with Gasteiger partial charge in [0.25, 0.3) is 0 Å². The molecule has 0 aliphatic carbocycles. The van der Waals surface area contributed by atoms with Crippen molar-refractivity contribution in [2.45, 2.75) is 51.8 Å². The van der Waals surface area contributed by atoms with Gasteiger partial charge in [0.2, 0.25) is 0 Å². The minimum atomic E-state index is -0.500. The number of alkyl carbamates (subject to hydrolysis) is 1. The van der Waals surface area contributed by atoms with Gasteiger partial charge in [0.05, 0.1) is 25.7 Å². The summed E-state index contributed by atoms with van der Waals surface area (Å²) < 4.78 is 10.8. The van der Waals surface area contributed by atoms with Crippen molar-refractivity contribution < 1.29 is 14.3 Å². The number of methoxy groups -OCH3 is 1. The number of carbonyl (C=O) groups is 1. The first-order valence-corrected chi connectivity index (χ1v) is 11.0. The fraction of sp³-hybridized carbons (Fsp3) is 0.652. The molecule has 1 fully saturated rings. The number of carbonyl (C=O) groups excluding carboxylic acids is 1. The Morgan fingerprint density at radius 2 is 2.06 bits per heavy atom. The first-order chi connectivity index (χ1) is 14.6. The molecule has 2 atom stereocenters. The number of rotatable bonds is 7. The minimum Gasteiger partial charge on any atom is -0.497 e. The number of amides is 1. The predicted molar refractivity (Wildman–Crippen MR) is 140 cm³/mol. The van der Waals surface area contributed by atoms with Crippen molar-refractivity contribution in [2.24, 2.45) is 4.99 Å². The van der Waals surface area contributed by atoms with Gasteiger partial charge in [-0.05, 0) is 65.9 Å². The standard InChI is InChI=1S/C23H39N5O3.HI/c1-8-24-21(28-13-12-18(16-28)26-22(29)31-23(2,3)4)25-15-20(27(5)6)17-10-9-11-19(14-17)30-7;/h9-11,14,18,20H,8,12-13,15-16H2,1-7H3,(H,24,25)(H,26,29);1H. The molecule has 9 heteroatoms. The lowest BCUT2D eigenvalue weighted by Crippen LogP contribution is -2.44. The van der Waals surface area contributed by atoms with Gasteiger partial charge in [-0.2, -0.15) is 0 Å². The molecule has 1 amide bonds. The second kappa shape index (κ2) is 13.1. The van der Waals surface area contributed by atoms with Crippen LogP contribution in [0.3, 0.4) is 0 Å². The van der Waals surface area contributed by atoms with Gasteiger partial charge in [0.15, 0.2) is 5.96 Å². The number of aliphatic imine (C=N–C) groups is 1. The molecule has 2 N–H and O–H groups in total. The molecule has 0 bridgehead atoms. The summed E-state index contributed by atoms with van der Waals surface area (Å²) >= 11 is 0. The number of nitrogens with zero attached hydrogens (tertiary/aromatic N) is 3. The predicted octanol–water partition coefficient (Wildman–Crippen LogP) is 3.48. The molecule has 8 nitrogen and oxygen atoms in total. The molecular weight excluding hydrogens is 521 g/mol. The second-order valence-electron chi connectivity index (χ2n) is 9.03. The molecule has 32 heavy (non-hydrogen) atoms. The van der Waals surface area contributed by atoms with Crippen molar-refractivity contribution in [2.75, 3.05) is 47.4 Å². The maximum atomic E-state index is 12.1. The molecule has 1 aromatic carbocycles. The Bertz CT molecular complexity index is 751. The third kappa shape index (κ3) is 9.01. The highest BCUT2D eigenvalue weighted by Gasteiger charge is 2.28. The van der Waals surface area contributed by atoms with E-state index < -0.39 is 5.60 Å². The van der Waals surface area contributed by atoms with E-state index >= 15 is 0 Å². The summed E-state index contributed by atoms with van der Waals surface area (Å²) in [4.78, 5) is 21.4. The van der Waals surface area contributed by atoms with Crippen LogP contribution < -0.4 is 15.4 Å². The number of nitrogens with one attached hydrogen (secondary N) is 2. The molecule has 1 heterocycles. The van der Waals surface area contributed by atoms with Crippen molar-refractivity contribution >= 4 is 36.0 Å². The van der Waals surface area contributed by atoms with Crippen LogP contribution in [-0.2, 0) is 4.74 Å². The Hall–Kier alpha value is -1.75. The van der Waals surface area contributed by atoms with E-state index in [9.17, 15) is 4.79 Å². The van der Waals surface area contributed by atoms with E-state index in [0.29, 0.717) is 13.1 Å². The van der Waals surface area contributed by atoms with Gasteiger partial charge in [-0.25, -0.2) is 4.79 Å². The van der Waals surface area contributed by atoms with Crippen LogP contribution in [0.25, 0.3) is 0 Å². The topological polar surface area (TPSA) is 78.4 Å².